The molecule has 0 aromatic heterocycles. The van der Waals surface area contributed by atoms with Crippen LogP contribution in [0.1, 0.15) is 37.3 Å². The summed E-state index contributed by atoms with van der Waals surface area (Å²) in [5, 5.41) is 11.6. The van der Waals surface area contributed by atoms with Gasteiger partial charge in [0.1, 0.15) is 10.4 Å². The largest absolute Gasteiger partial charge is 0.480 e. The van der Waals surface area contributed by atoms with Gasteiger partial charge in [0.25, 0.3) is 5.91 Å². The zero-order valence-electron chi connectivity index (χ0n) is 15.2. The van der Waals surface area contributed by atoms with Gasteiger partial charge in [0.05, 0.1) is 4.91 Å². The van der Waals surface area contributed by atoms with Gasteiger partial charge < -0.3 is 10.4 Å². The number of benzene rings is 1. The Morgan fingerprint density at radius 1 is 1.33 bits per heavy atom. The van der Waals surface area contributed by atoms with Gasteiger partial charge in [-0.3, -0.25) is 14.5 Å². The van der Waals surface area contributed by atoms with Crippen LogP contribution in [0.2, 0.25) is 0 Å². The van der Waals surface area contributed by atoms with Gasteiger partial charge in [-0.25, -0.2) is 4.79 Å². The molecule has 8 heteroatoms. The maximum Gasteiger partial charge on any atom is 0.326 e. The smallest absolute Gasteiger partial charge is 0.326 e. The lowest BCUT2D eigenvalue weighted by Crippen LogP contribution is -2.42. The summed E-state index contributed by atoms with van der Waals surface area (Å²) in [5.74, 6) is -1.70. The number of carbonyl (C=O) groups excluding carboxylic acids is 2. The van der Waals surface area contributed by atoms with Crippen LogP contribution >= 0.6 is 24.0 Å². The summed E-state index contributed by atoms with van der Waals surface area (Å²) in [5.41, 5.74) is 2.04. The van der Waals surface area contributed by atoms with Gasteiger partial charge in [-0.15, -0.1) is 0 Å². The summed E-state index contributed by atoms with van der Waals surface area (Å²) in [6, 6.07) is 6.87. The number of thiocarbonyl (C=S) groups is 1. The first-order valence-electron chi connectivity index (χ1n) is 8.66. The van der Waals surface area contributed by atoms with E-state index in [4.69, 9.17) is 17.3 Å². The predicted molar refractivity (Wildman–Crippen MR) is 110 cm³/mol. The van der Waals surface area contributed by atoms with Crippen LogP contribution in [-0.2, 0) is 14.4 Å². The lowest BCUT2D eigenvalue weighted by molar-refractivity contribution is -0.142. The molecular weight excluding hydrogens is 384 g/mol. The van der Waals surface area contributed by atoms with Crippen LogP contribution in [0.4, 0.5) is 0 Å². The van der Waals surface area contributed by atoms with Crippen LogP contribution < -0.4 is 5.32 Å². The minimum absolute atomic E-state index is 0.00224. The number of aryl methyl sites for hydroxylation is 1. The van der Waals surface area contributed by atoms with Crippen molar-refractivity contribution >= 4 is 52.2 Å². The van der Waals surface area contributed by atoms with E-state index in [1.807, 2.05) is 38.1 Å². The Morgan fingerprint density at radius 2 is 2.00 bits per heavy atom. The van der Waals surface area contributed by atoms with E-state index >= 15 is 0 Å². The molecule has 1 atom stereocenters. The molecule has 1 aliphatic heterocycles. The number of carboxylic acid groups (broad SMARTS) is 1. The van der Waals surface area contributed by atoms with E-state index in [-0.39, 0.29) is 18.9 Å². The Labute approximate surface area is 168 Å². The highest BCUT2D eigenvalue weighted by Gasteiger charge is 2.32. The third-order valence-electron chi connectivity index (χ3n) is 4.02. The lowest BCUT2D eigenvalue weighted by Gasteiger charge is -2.16. The maximum absolute atomic E-state index is 12.6. The van der Waals surface area contributed by atoms with Gasteiger partial charge in [0, 0.05) is 13.0 Å². The van der Waals surface area contributed by atoms with Crippen LogP contribution in [0.15, 0.2) is 29.2 Å². The predicted octanol–water partition coefficient (Wildman–Crippen LogP) is 2.96. The molecule has 1 aliphatic rings. The van der Waals surface area contributed by atoms with E-state index in [1.54, 1.807) is 6.08 Å². The molecule has 27 heavy (non-hydrogen) atoms. The molecule has 0 aliphatic carbocycles. The van der Waals surface area contributed by atoms with Crippen molar-refractivity contribution in [2.24, 2.45) is 0 Å². The number of rotatable bonds is 8. The van der Waals surface area contributed by atoms with Crippen molar-refractivity contribution in [2.75, 3.05) is 6.54 Å². The zero-order chi connectivity index (χ0) is 20.0. The number of nitrogens with zero attached hydrogens (tertiary/aromatic N) is 1. The Morgan fingerprint density at radius 3 is 2.59 bits per heavy atom. The highest BCUT2D eigenvalue weighted by atomic mass is 32.2. The number of nitrogens with one attached hydrogen (secondary N) is 1. The number of carbonyl (C=O) groups is 3. The first-order chi connectivity index (χ1) is 12.8. The molecule has 144 valence electrons. The topological polar surface area (TPSA) is 86.7 Å². The Bertz CT molecular complexity index is 774. The monoisotopic (exact) mass is 406 g/mol. The fraction of sp³-hybridized carbons (Fsp3) is 0.368. The van der Waals surface area contributed by atoms with Crippen LogP contribution in [-0.4, -0.2) is 44.7 Å². The molecule has 6 nitrogen and oxygen atoms in total. The molecule has 1 heterocycles. The van der Waals surface area contributed by atoms with E-state index < -0.39 is 17.9 Å². The second-order valence-electron chi connectivity index (χ2n) is 6.24. The summed E-state index contributed by atoms with van der Waals surface area (Å²) >= 11 is 6.46. The van der Waals surface area contributed by atoms with Crippen LogP contribution in [0.25, 0.3) is 6.08 Å². The van der Waals surface area contributed by atoms with Gasteiger partial charge >= 0.3 is 5.97 Å². The SMILES string of the molecule is CCCC(NC(=O)CCN1C(=O)/C(=C\c2ccc(C)cc2)SC1=S)C(=O)O. The average molecular weight is 407 g/mol. The summed E-state index contributed by atoms with van der Waals surface area (Å²) in [6.45, 7) is 3.96. The molecule has 1 fully saturated rings. The molecule has 1 aromatic rings. The van der Waals surface area contributed by atoms with Gasteiger partial charge in [-0.1, -0.05) is 67.2 Å². The molecule has 1 unspecified atom stereocenters. The molecule has 1 aromatic carbocycles. The van der Waals surface area contributed by atoms with Crippen molar-refractivity contribution in [2.45, 2.75) is 39.2 Å². The Kier molecular flexibility index (Phi) is 7.55. The lowest BCUT2D eigenvalue weighted by atomic mass is 10.1. The number of hydrogen-bond acceptors (Lipinski definition) is 5. The molecule has 0 saturated carbocycles. The fourth-order valence-corrected chi connectivity index (χ4v) is 3.84. The van der Waals surface area contributed by atoms with Crippen LogP contribution in [0, 0.1) is 6.92 Å². The fourth-order valence-electron chi connectivity index (χ4n) is 2.53. The maximum atomic E-state index is 12.6. The van der Waals surface area contributed by atoms with Crippen molar-refractivity contribution in [1.29, 1.82) is 0 Å². The first kappa shape index (κ1) is 21.1. The second-order valence-corrected chi connectivity index (χ2v) is 7.92. The number of aliphatic carboxylic acids is 1. The number of amides is 2. The molecule has 2 rings (SSSR count). The number of thioether (sulfide) groups is 1. The Balaban J connectivity index is 1.96. The van der Waals surface area contributed by atoms with Crippen molar-refractivity contribution in [1.82, 2.24) is 10.2 Å². The molecular formula is C19H22N2O4S2. The van der Waals surface area contributed by atoms with Gasteiger partial charge in [0.2, 0.25) is 5.91 Å². The highest BCUT2D eigenvalue weighted by Crippen LogP contribution is 2.32. The van der Waals surface area contributed by atoms with Gasteiger partial charge in [0.15, 0.2) is 0 Å². The second kappa shape index (κ2) is 9.66. The third kappa shape index (κ3) is 5.90. The standard InChI is InChI=1S/C19H22N2O4S2/c1-3-4-14(18(24)25)20-16(22)9-10-21-17(23)15(27-19(21)26)11-13-7-5-12(2)6-8-13/h5-8,11,14H,3-4,9-10H2,1-2H3,(H,20,22)(H,24,25)/b15-11+. The molecule has 0 radical (unpaired) electrons. The summed E-state index contributed by atoms with van der Waals surface area (Å²) in [7, 11) is 0. The summed E-state index contributed by atoms with van der Waals surface area (Å²) in [4.78, 5) is 37.6. The first-order valence-corrected chi connectivity index (χ1v) is 9.88. The normalized spacial score (nSPS) is 16.7. The van der Waals surface area contributed by atoms with Gasteiger partial charge in [-0.2, -0.15) is 0 Å². The molecule has 1 saturated heterocycles. The van der Waals surface area contributed by atoms with E-state index in [0.717, 1.165) is 11.1 Å². The zero-order valence-corrected chi connectivity index (χ0v) is 16.9. The average Bonchev–Trinajstić information content (AvgIpc) is 2.88. The molecule has 0 spiro atoms. The minimum atomic E-state index is -1.06. The van der Waals surface area contributed by atoms with Crippen LogP contribution in [0.5, 0.6) is 0 Å². The van der Waals surface area contributed by atoms with E-state index in [2.05, 4.69) is 5.32 Å². The van der Waals surface area contributed by atoms with E-state index in [9.17, 15) is 14.4 Å². The molecule has 0 bridgehead atoms. The minimum Gasteiger partial charge on any atom is -0.480 e. The quantitative estimate of drug-likeness (QED) is 0.510. The van der Waals surface area contributed by atoms with Gasteiger partial charge in [-0.05, 0) is 25.0 Å². The van der Waals surface area contributed by atoms with Crippen molar-refractivity contribution in [3.05, 3.63) is 40.3 Å². The molecule has 2 N–H and O–H groups in total. The number of hydrogen-bond donors (Lipinski definition) is 2. The third-order valence-corrected chi connectivity index (χ3v) is 5.40. The Hall–Kier alpha value is -2.19. The van der Waals surface area contributed by atoms with Crippen molar-refractivity contribution in [3.8, 4) is 0 Å². The summed E-state index contributed by atoms with van der Waals surface area (Å²) < 4.78 is 0.398. The van der Waals surface area contributed by atoms with E-state index in [0.29, 0.717) is 22.1 Å². The van der Waals surface area contributed by atoms with E-state index in [1.165, 1.54) is 16.7 Å². The van der Waals surface area contributed by atoms with Crippen molar-refractivity contribution in [3.63, 3.8) is 0 Å². The van der Waals surface area contributed by atoms with Crippen molar-refractivity contribution < 1.29 is 19.5 Å². The summed E-state index contributed by atoms with van der Waals surface area (Å²) in [6.07, 6.45) is 2.79. The van der Waals surface area contributed by atoms with Crippen LogP contribution in [0.3, 0.4) is 0 Å². The highest BCUT2D eigenvalue weighted by molar-refractivity contribution is 8.26. The molecule has 2 amide bonds. The number of carboxylic acids is 1.